The van der Waals surface area contributed by atoms with Gasteiger partial charge in [0.1, 0.15) is 5.75 Å². The summed E-state index contributed by atoms with van der Waals surface area (Å²) in [4.78, 5) is 5.06. The summed E-state index contributed by atoms with van der Waals surface area (Å²) in [5.74, 6) is 0.990. The number of ether oxygens (including phenoxy) is 1. The predicted octanol–water partition coefficient (Wildman–Crippen LogP) is 2.90. The molecule has 2 saturated heterocycles. The molecule has 2 fully saturated rings. The van der Waals surface area contributed by atoms with Crippen LogP contribution >= 0.6 is 0 Å². The second-order valence-corrected chi connectivity index (χ2v) is 8.23. The van der Waals surface area contributed by atoms with E-state index in [0.717, 1.165) is 38.3 Å². The van der Waals surface area contributed by atoms with Gasteiger partial charge in [0, 0.05) is 24.5 Å². The molecule has 0 unspecified atom stereocenters. The highest BCUT2D eigenvalue weighted by molar-refractivity contribution is 5.48. The Kier molecular flexibility index (Phi) is 5.42. The molecule has 25 heavy (non-hydrogen) atoms. The zero-order valence-corrected chi connectivity index (χ0v) is 16.6. The van der Waals surface area contributed by atoms with Gasteiger partial charge in [0.25, 0.3) is 0 Å². The molecule has 0 spiro atoms. The fourth-order valence-electron chi connectivity index (χ4n) is 5.00. The Balaban J connectivity index is 1.80. The van der Waals surface area contributed by atoms with E-state index in [1.54, 1.807) is 7.11 Å². The maximum atomic E-state index is 10.1. The Bertz CT molecular complexity index is 631. The van der Waals surface area contributed by atoms with Crippen LogP contribution in [0.15, 0.2) is 6.07 Å². The third-order valence-electron chi connectivity index (χ3n) is 6.91. The molecule has 0 amide bonds. The van der Waals surface area contributed by atoms with E-state index in [9.17, 15) is 5.11 Å². The predicted molar refractivity (Wildman–Crippen MR) is 102 cm³/mol. The van der Waals surface area contributed by atoms with Crippen molar-refractivity contribution in [1.29, 1.82) is 0 Å². The first-order valence-electron chi connectivity index (χ1n) is 9.59. The second kappa shape index (κ2) is 7.26. The summed E-state index contributed by atoms with van der Waals surface area (Å²) >= 11 is 0. The van der Waals surface area contributed by atoms with Crippen molar-refractivity contribution in [3.05, 3.63) is 28.3 Å². The summed E-state index contributed by atoms with van der Waals surface area (Å²) in [6.07, 6.45) is 3.49. The molecule has 4 heteroatoms. The van der Waals surface area contributed by atoms with Crippen LogP contribution in [0.5, 0.6) is 5.75 Å². The monoisotopic (exact) mass is 346 g/mol. The molecular weight excluding hydrogens is 312 g/mol. The molecule has 1 aromatic rings. The normalized spacial score (nSPS) is 28.0. The highest BCUT2D eigenvalue weighted by Gasteiger charge is 2.46. The molecule has 2 aliphatic rings. The molecule has 0 aliphatic carbocycles. The number of benzene rings is 1. The third-order valence-corrected chi connectivity index (χ3v) is 6.91. The average Bonchev–Trinajstić information content (AvgIpc) is 2.62. The standard InChI is InChI=1S/C21H34N2O2/c1-15-11-19(25-5)17(3)16(2)18(15)12-23-10-8-21(14-24)7-6-9-22(4)20(21)13-23/h11,20,24H,6-10,12-14H2,1-5H3/t20-,21-/m1/s1. The summed E-state index contributed by atoms with van der Waals surface area (Å²) in [5.41, 5.74) is 5.47. The van der Waals surface area contributed by atoms with Gasteiger partial charge in [-0.3, -0.25) is 4.90 Å². The molecule has 0 bridgehead atoms. The van der Waals surface area contributed by atoms with Gasteiger partial charge in [-0.05, 0) is 88.5 Å². The smallest absolute Gasteiger partial charge is 0.122 e. The summed E-state index contributed by atoms with van der Waals surface area (Å²) in [5, 5.41) is 10.1. The Labute approximate surface area is 152 Å². The van der Waals surface area contributed by atoms with Crippen molar-refractivity contribution >= 4 is 0 Å². The number of hydrogen-bond acceptors (Lipinski definition) is 4. The van der Waals surface area contributed by atoms with Gasteiger partial charge < -0.3 is 14.7 Å². The maximum Gasteiger partial charge on any atom is 0.122 e. The molecule has 2 heterocycles. The highest BCUT2D eigenvalue weighted by Crippen LogP contribution is 2.42. The van der Waals surface area contributed by atoms with E-state index in [1.165, 1.54) is 35.1 Å². The maximum absolute atomic E-state index is 10.1. The van der Waals surface area contributed by atoms with Crippen molar-refractivity contribution in [2.75, 3.05) is 40.4 Å². The zero-order chi connectivity index (χ0) is 18.2. The van der Waals surface area contributed by atoms with E-state index in [1.807, 2.05) is 0 Å². The lowest BCUT2D eigenvalue weighted by Crippen LogP contribution is -2.61. The van der Waals surface area contributed by atoms with Crippen molar-refractivity contribution < 1.29 is 9.84 Å². The van der Waals surface area contributed by atoms with Crippen LogP contribution in [0.2, 0.25) is 0 Å². The van der Waals surface area contributed by atoms with E-state index in [0.29, 0.717) is 12.6 Å². The number of methoxy groups -OCH3 is 1. The molecule has 2 aliphatic heterocycles. The number of aliphatic hydroxyl groups excluding tert-OH is 1. The molecule has 1 aromatic carbocycles. The van der Waals surface area contributed by atoms with Gasteiger partial charge in [0.2, 0.25) is 0 Å². The van der Waals surface area contributed by atoms with Gasteiger partial charge in [-0.2, -0.15) is 0 Å². The topological polar surface area (TPSA) is 35.9 Å². The van der Waals surface area contributed by atoms with Gasteiger partial charge >= 0.3 is 0 Å². The number of aliphatic hydroxyl groups is 1. The van der Waals surface area contributed by atoms with Crippen molar-refractivity contribution in [3.8, 4) is 5.75 Å². The number of hydrogen-bond donors (Lipinski definition) is 1. The molecule has 2 atom stereocenters. The Hall–Kier alpha value is -1.10. The van der Waals surface area contributed by atoms with Gasteiger partial charge in [0.05, 0.1) is 13.7 Å². The first-order chi connectivity index (χ1) is 11.9. The number of nitrogens with zero attached hydrogens (tertiary/aromatic N) is 2. The van der Waals surface area contributed by atoms with Gasteiger partial charge in [-0.15, -0.1) is 0 Å². The fourth-order valence-corrected chi connectivity index (χ4v) is 5.00. The summed E-state index contributed by atoms with van der Waals surface area (Å²) < 4.78 is 5.52. The molecule has 0 saturated carbocycles. The molecule has 0 radical (unpaired) electrons. The van der Waals surface area contributed by atoms with E-state index >= 15 is 0 Å². The summed E-state index contributed by atoms with van der Waals surface area (Å²) in [6.45, 7) is 11.2. The van der Waals surface area contributed by atoms with Crippen molar-refractivity contribution in [2.24, 2.45) is 5.41 Å². The van der Waals surface area contributed by atoms with Gasteiger partial charge in [-0.25, -0.2) is 0 Å². The van der Waals surface area contributed by atoms with Crippen molar-refractivity contribution in [2.45, 2.75) is 52.6 Å². The molecule has 4 nitrogen and oxygen atoms in total. The van der Waals surface area contributed by atoms with Crippen LogP contribution in [0.4, 0.5) is 0 Å². The van der Waals surface area contributed by atoms with Crippen LogP contribution in [-0.4, -0.2) is 61.3 Å². The van der Waals surface area contributed by atoms with E-state index in [-0.39, 0.29) is 5.41 Å². The number of aryl methyl sites for hydroxylation is 1. The third kappa shape index (κ3) is 3.32. The minimum atomic E-state index is 0.114. The van der Waals surface area contributed by atoms with Gasteiger partial charge in [0.15, 0.2) is 0 Å². The first-order valence-corrected chi connectivity index (χ1v) is 9.59. The zero-order valence-electron chi connectivity index (χ0n) is 16.6. The average molecular weight is 347 g/mol. The number of piperidine rings is 2. The lowest BCUT2D eigenvalue weighted by atomic mass is 9.69. The number of fused-ring (bicyclic) bond motifs is 1. The number of rotatable bonds is 4. The SMILES string of the molecule is COc1cc(C)c(CN2CC[C@@]3(CO)CCCN(C)[C@@H]3C2)c(C)c1C. The van der Waals surface area contributed by atoms with Gasteiger partial charge in [-0.1, -0.05) is 0 Å². The summed E-state index contributed by atoms with van der Waals surface area (Å²) in [7, 11) is 3.98. The summed E-state index contributed by atoms with van der Waals surface area (Å²) in [6, 6.07) is 2.65. The lowest BCUT2D eigenvalue weighted by Gasteiger charge is -2.53. The quantitative estimate of drug-likeness (QED) is 0.909. The number of likely N-dealkylation sites (N-methyl/N-ethyl adjacent to an activating group) is 1. The van der Waals surface area contributed by atoms with Crippen LogP contribution in [-0.2, 0) is 6.54 Å². The number of likely N-dealkylation sites (tertiary alicyclic amines) is 2. The molecule has 0 aromatic heterocycles. The van der Waals surface area contributed by atoms with Crippen LogP contribution in [0.1, 0.15) is 41.5 Å². The Morgan fingerprint density at radius 2 is 1.96 bits per heavy atom. The molecular formula is C21H34N2O2. The van der Waals surface area contributed by atoms with E-state index in [2.05, 4.69) is 43.7 Å². The van der Waals surface area contributed by atoms with Crippen molar-refractivity contribution in [3.63, 3.8) is 0 Å². The first kappa shape index (κ1) is 18.7. The second-order valence-electron chi connectivity index (χ2n) is 8.23. The van der Waals surface area contributed by atoms with Crippen LogP contribution < -0.4 is 4.74 Å². The fraction of sp³-hybridized carbons (Fsp3) is 0.714. The molecule has 3 rings (SSSR count). The van der Waals surface area contributed by atoms with E-state index in [4.69, 9.17) is 4.74 Å². The van der Waals surface area contributed by atoms with E-state index < -0.39 is 0 Å². The Morgan fingerprint density at radius 3 is 2.64 bits per heavy atom. The van der Waals surface area contributed by atoms with Crippen molar-refractivity contribution in [1.82, 2.24) is 9.80 Å². The van der Waals surface area contributed by atoms with Crippen LogP contribution in [0.25, 0.3) is 0 Å². The molecule has 140 valence electrons. The van der Waals surface area contributed by atoms with Crippen LogP contribution in [0.3, 0.4) is 0 Å². The highest BCUT2D eigenvalue weighted by atomic mass is 16.5. The minimum absolute atomic E-state index is 0.114. The minimum Gasteiger partial charge on any atom is -0.496 e. The lowest BCUT2D eigenvalue weighted by molar-refractivity contribution is -0.0685. The largest absolute Gasteiger partial charge is 0.496 e. The Morgan fingerprint density at radius 1 is 1.20 bits per heavy atom. The van der Waals surface area contributed by atoms with Crippen LogP contribution in [0, 0.1) is 26.2 Å². The molecule has 1 N–H and O–H groups in total.